The Morgan fingerprint density at radius 3 is 2.50 bits per heavy atom. The minimum absolute atomic E-state index is 0.317. The Labute approximate surface area is 98.3 Å². The van der Waals surface area contributed by atoms with E-state index in [1.54, 1.807) is 0 Å². The average molecular weight is 228 g/mol. The maximum atomic E-state index is 10.5. The number of hydrogen-bond donors (Lipinski definition) is 2. The molecule has 0 atom stereocenters. The largest absolute Gasteiger partial charge is 0.478 e. The third-order valence-corrected chi connectivity index (χ3v) is 2.54. The summed E-state index contributed by atoms with van der Waals surface area (Å²) in [6.45, 7) is 6.66. The molecule has 0 aromatic carbocycles. The van der Waals surface area contributed by atoms with E-state index in [-0.39, 0.29) is 0 Å². The molecule has 4 heteroatoms. The Kier molecular flexibility index (Phi) is 8.85. The van der Waals surface area contributed by atoms with Gasteiger partial charge >= 0.3 is 5.97 Å². The van der Waals surface area contributed by atoms with Gasteiger partial charge in [0.2, 0.25) is 0 Å². The first kappa shape index (κ1) is 15.1. The van der Waals surface area contributed by atoms with Gasteiger partial charge in [-0.3, -0.25) is 0 Å². The fraction of sp³-hybridized carbons (Fsp3) is 0.750. The van der Waals surface area contributed by atoms with Crippen LogP contribution in [0.3, 0.4) is 0 Å². The van der Waals surface area contributed by atoms with Gasteiger partial charge in [0.1, 0.15) is 0 Å². The zero-order chi connectivity index (χ0) is 12.4. The lowest BCUT2D eigenvalue weighted by molar-refractivity contribution is -0.132. The van der Waals surface area contributed by atoms with Crippen molar-refractivity contribution in [1.29, 1.82) is 0 Å². The van der Waals surface area contributed by atoms with Crippen molar-refractivity contribution in [1.82, 2.24) is 10.2 Å². The summed E-state index contributed by atoms with van der Waals surface area (Å²) < 4.78 is 0. The SMILES string of the molecule is C=C(CCCCN(C)CCCNC)C(=O)O. The molecule has 0 saturated heterocycles. The first-order chi connectivity index (χ1) is 7.57. The van der Waals surface area contributed by atoms with Gasteiger partial charge in [-0.05, 0) is 59.4 Å². The van der Waals surface area contributed by atoms with E-state index < -0.39 is 5.97 Å². The van der Waals surface area contributed by atoms with E-state index in [1.165, 1.54) is 0 Å². The van der Waals surface area contributed by atoms with Crippen molar-refractivity contribution in [2.75, 3.05) is 33.7 Å². The van der Waals surface area contributed by atoms with Gasteiger partial charge < -0.3 is 15.3 Å². The van der Waals surface area contributed by atoms with Gasteiger partial charge in [0.05, 0.1) is 0 Å². The van der Waals surface area contributed by atoms with E-state index in [0.29, 0.717) is 12.0 Å². The topological polar surface area (TPSA) is 52.6 Å². The van der Waals surface area contributed by atoms with Crippen molar-refractivity contribution in [3.63, 3.8) is 0 Å². The molecule has 0 aromatic heterocycles. The lowest BCUT2D eigenvalue weighted by Crippen LogP contribution is -2.23. The molecule has 0 aliphatic rings. The third kappa shape index (κ3) is 8.44. The number of unbranched alkanes of at least 4 members (excludes halogenated alkanes) is 1. The zero-order valence-electron chi connectivity index (χ0n) is 10.5. The van der Waals surface area contributed by atoms with E-state index in [1.807, 2.05) is 7.05 Å². The number of nitrogens with zero attached hydrogens (tertiary/aromatic N) is 1. The third-order valence-electron chi connectivity index (χ3n) is 2.54. The Morgan fingerprint density at radius 2 is 1.94 bits per heavy atom. The minimum atomic E-state index is -0.873. The van der Waals surface area contributed by atoms with Gasteiger partial charge in [0.15, 0.2) is 0 Å². The monoisotopic (exact) mass is 228 g/mol. The Hall–Kier alpha value is -0.870. The highest BCUT2D eigenvalue weighted by Crippen LogP contribution is 2.05. The van der Waals surface area contributed by atoms with Crippen LogP contribution in [-0.4, -0.2) is 49.7 Å². The number of carboxylic acid groups (broad SMARTS) is 1. The van der Waals surface area contributed by atoms with Crippen molar-refractivity contribution >= 4 is 5.97 Å². The summed E-state index contributed by atoms with van der Waals surface area (Å²) in [5.74, 6) is -0.873. The number of rotatable bonds is 10. The molecule has 94 valence electrons. The molecule has 16 heavy (non-hydrogen) atoms. The van der Waals surface area contributed by atoms with Crippen LogP contribution in [0.5, 0.6) is 0 Å². The highest BCUT2D eigenvalue weighted by molar-refractivity contribution is 5.85. The minimum Gasteiger partial charge on any atom is -0.478 e. The van der Waals surface area contributed by atoms with Crippen molar-refractivity contribution < 1.29 is 9.90 Å². The molecule has 0 fully saturated rings. The van der Waals surface area contributed by atoms with Crippen LogP contribution in [0.15, 0.2) is 12.2 Å². The molecule has 0 radical (unpaired) electrons. The summed E-state index contributed by atoms with van der Waals surface area (Å²) in [4.78, 5) is 12.8. The second-order valence-electron chi connectivity index (χ2n) is 4.13. The van der Waals surface area contributed by atoms with Crippen molar-refractivity contribution in [2.24, 2.45) is 0 Å². The summed E-state index contributed by atoms with van der Waals surface area (Å²) in [5.41, 5.74) is 0.317. The molecular weight excluding hydrogens is 204 g/mol. The van der Waals surface area contributed by atoms with Gasteiger partial charge in [-0.25, -0.2) is 4.79 Å². The Morgan fingerprint density at radius 1 is 1.31 bits per heavy atom. The normalized spacial score (nSPS) is 10.7. The summed E-state index contributed by atoms with van der Waals surface area (Å²) >= 11 is 0. The van der Waals surface area contributed by atoms with Crippen LogP contribution in [0.2, 0.25) is 0 Å². The molecule has 4 nitrogen and oxygen atoms in total. The van der Waals surface area contributed by atoms with Crippen molar-refractivity contribution in [3.8, 4) is 0 Å². The van der Waals surface area contributed by atoms with Crippen LogP contribution in [-0.2, 0) is 4.79 Å². The quantitative estimate of drug-likeness (QED) is 0.437. The number of nitrogens with one attached hydrogen (secondary N) is 1. The van der Waals surface area contributed by atoms with Gasteiger partial charge in [0.25, 0.3) is 0 Å². The van der Waals surface area contributed by atoms with Crippen LogP contribution in [0, 0.1) is 0 Å². The highest BCUT2D eigenvalue weighted by Gasteiger charge is 2.03. The second kappa shape index (κ2) is 9.36. The average Bonchev–Trinajstić information content (AvgIpc) is 2.24. The second-order valence-corrected chi connectivity index (χ2v) is 4.13. The van der Waals surface area contributed by atoms with Crippen molar-refractivity contribution in [3.05, 3.63) is 12.2 Å². The number of aliphatic carboxylic acids is 1. The van der Waals surface area contributed by atoms with Gasteiger partial charge in [0, 0.05) is 5.57 Å². The summed E-state index contributed by atoms with van der Waals surface area (Å²) in [7, 11) is 4.05. The van der Waals surface area contributed by atoms with Gasteiger partial charge in [-0.15, -0.1) is 0 Å². The van der Waals surface area contributed by atoms with Gasteiger partial charge in [-0.2, -0.15) is 0 Å². The first-order valence-corrected chi connectivity index (χ1v) is 5.82. The maximum absolute atomic E-state index is 10.5. The molecule has 0 aliphatic carbocycles. The summed E-state index contributed by atoms with van der Waals surface area (Å²) in [6, 6.07) is 0. The maximum Gasteiger partial charge on any atom is 0.330 e. The van der Waals surface area contributed by atoms with Crippen LogP contribution < -0.4 is 5.32 Å². The lowest BCUT2D eigenvalue weighted by Gasteiger charge is -2.16. The zero-order valence-corrected chi connectivity index (χ0v) is 10.5. The van der Waals surface area contributed by atoms with Crippen LogP contribution in [0.25, 0.3) is 0 Å². The Balaban J connectivity index is 3.37. The standard InChI is InChI=1S/C12H24N2O2/c1-11(12(15)16)7-4-5-9-14(3)10-6-8-13-2/h13H,1,4-10H2,2-3H3,(H,15,16). The molecule has 0 heterocycles. The van der Waals surface area contributed by atoms with Crippen LogP contribution >= 0.6 is 0 Å². The molecule has 2 N–H and O–H groups in total. The van der Waals surface area contributed by atoms with Crippen molar-refractivity contribution in [2.45, 2.75) is 25.7 Å². The molecule has 0 amide bonds. The highest BCUT2D eigenvalue weighted by atomic mass is 16.4. The fourth-order valence-corrected chi connectivity index (χ4v) is 1.46. The number of carboxylic acids is 1. The van der Waals surface area contributed by atoms with Crippen LogP contribution in [0.1, 0.15) is 25.7 Å². The molecular formula is C12H24N2O2. The van der Waals surface area contributed by atoms with E-state index in [2.05, 4.69) is 23.8 Å². The molecule has 0 saturated carbocycles. The predicted molar refractivity (Wildman–Crippen MR) is 66.7 cm³/mol. The molecule has 0 bridgehead atoms. The molecule has 0 rings (SSSR count). The van der Waals surface area contributed by atoms with Crippen LogP contribution in [0.4, 0.5) is 0 Å². The number of hydrogen-bond acceptors (Lipinski definition) is 3. The molecule has 0 aliphatic heterocycles. The molecule has 0 spiro atoms. The van der Waals surface area contributed by atoms with E-state index in [9.17, 15) is 4.79 Å². The van der Waals surface area contributed by atoms with E-state index >= 15 is 0 Å². The van der Waals surface area contributed by atoms with Gasteiger partial charge in [-0.1, -0.05) is 6.58 Å². The summed E-state index contributed by atoms with van der Waals surface area (Å²) in [5, 5.41) is 11.7. The molecule has 0 aromatic rings. The first-order valence-electron chi connectivity index (χ1n) is 5.82. The molecule has 0 unspecified atom stereocenters. The smallest absolute Gasteiger partial charge is 0.330 e. The fourth-order valence-electron chi connectivity index (χ4n) is 1.46. The van der Waals surface area contributed by atoms with E-state index in [4.69, 9.17) is 5.11 Å². The van der Waals surface area contributed by atoms with E-state index in [0.717, 1.165) is 38.9 Å². The number of carbonyl (C=O) groups is 1. The summed E-state index contributed by atoms with van der Waals surface area (Å²) in [6.07, 6.45) is 3.68. The predicted octanol–water partition coefficient (Wildman–Crippen LogP) is 1.34. The Bertz CT molecular complexity index is 217. The lowest BCUT2D eigenvalue weighted by atomic mass is 10.1.